The van der Waals surface area contributed by atoms with E-state index in [4.69, 9.17) is 4.74 Å². The number of likely N-dealkylation sites (tertiary alicyclic amines) is 1. The first-order valence-corrected chi connectivity index (χ1v) is 13.8. The van der Waals surface area contributed by atoms with Crippen LogP contribution in [0.15, 0.2) is 29.4 Å². The van der Waals surface area contributed by atoms with Crippen molar-refractivity contribution in [1.29, 1.82) is 0 Å². The molecule has 34 heavy (non-hydrogen) atoms. The summed E-state index contributed by atoms with van der Waals surface area (Å²) in [6.45, 7) is 4.12. The van der Waals surface area contributed by atoms with Crippen LogP contribution in [0.5, 0.6) is 5.75 Å². The van der Waals surface area contributed by atoms with E-state index in [0.29, 0.717) is 17.5 Å². The molecule has 1 aromatic heterocycles. The number of carbonyl (C=O) groups excluding carboxylic acids is 1. The molecule has 4 atom stereocenters. The summed E-state index contributed by atoms with van der Waals surface area (Å²) >= 11 is 1.48. The maximum absolute atomic E-state index is 14.1. The second-order valence-corrected chi connectivity index (χ2v) is 11.1. The Balaban J connectivity index is 1.32. The Bertz CT molecular complexity index is 991. The van der Waals surface area contributed by atoms with Gasteiger partial charge in [0.15, 0.2) is 22.5 Å². The van der Waals surface area contributed by atoms with Gasteiger partial charge in [-0.2, -0.15) is 0 Å². The van der Waals surface area contributed by atoms with E-state index in [9.17, 15) is 9.18 Å². The van der Waals surface area contributed by atoms with Crippen molar-refractivity contribution < 1.29 is 13.9 Å². The fraction of sp³-hybridized carbons (Fsp3) is 0.654. The fourth-order valence-electron chi connectivity index (χ4n) is 6.23. The van der Waals surface area contributed by atoms with Crippen molar-refractivity contribution in [2.24, 2.45) is 17.8 Å². The lowest BCUT2D eigenvalue weighted by Crippen LogP contribution is -2.33. The third kappa shape index (κ3) is 5.11. The number of hydrogen-bond acceptors (Lipinski definition) is 5. The quantitative estimate of drug-likeness (QED) is 0.462. The van der Waals surface area contributed by atoms with Gasteiger partial charge in [-0.15, -0.1) is 10.2 Å². The number of fused-ring (bicyclic) bond motifs is 2. The summed E-state index contributed by atoms with van der Waals surface area (Å²) in [7, 11) is 0. The average Bonchev–Trinajstić information content (AvgIpc) is 3.52. The Morgan fingerprint density at radius 2 is 1.94 bits per heavy atom. The van der Waals surface area contributed by atoms with E-state index in [2.05, 4.69) is 21.7 Å². The van der Waals surface area contributed by atoms with E-state index >= 15 is 0 Å². The number of nitrogens with zero attached hydrogens (tertiary/aromatic N) is 4. The topological polar surface area (TPSA) is 60.2 Å². The highest BCUT2D eigenvalue weighted by molar-refractivity contribution is 7.99. The molecule has 5 rings (SSSR count). The lowest BCUT2D eigenvalue weighted by atomic mass is 9.84. The first-order valence-electron chi connectivity index (χ1n) is 12.8. The lowest BCUT2D eigenvalue weighted by Gasteiger charge is -2.30. The predicted octanol–water partition coefficient (Wildman–Crippen LogP) is 5.49. The van der Waals surface area contributed by atoms with Gasteiger partial charge in [-0.3, -0.25) is 9.36 Å². The Labute approximate surface area is 205 Å². The van der Waals surface area contributed by atoms with Gasteiger partial charge in [-0.25, -0.2) is 4.39 Å². The summed E-state index contributed by atoms with van der Waals surface area (Å²) in [4.78, 5) is 14.9. The number of para-hydroxylation sites is 1. The molecule has 0 N–H and O–H groups in total. The molecular formula is C26H35FN4O2S. The number of thioether (sulfide) groups is 1. The molecule has 2 bridgehead atoms. The Hall–Kier alpha value is -2.09. The predicted molar refractivity (Wildman–Crippen MR) is 130 cm³/mol. The van der Waals surface area contributed by atoms with Crippen molar-refractivity contribution >= 4 is 17.7 Å². The van der Waals surface area contributed by atoms with Gasteiger partial charge in [0, 0.05) is 19.1 Å². The van der Waals surface area contributed by atoms with Gasteiger partial charge in [0.05, 0.1) is 5.75 Å². The molecule has 3 aliphatic rings. The zero-order valence-electron chi connectivity index (χ0n) is 20.0. The monoisotopic (exact) mass is 486 g/mol. The number of aromatic nitrogens is 3. The van der Waals surface area contributed by atoms with Crippen molar-refractivity contribution in [3.63, 3.8) is 0 Å². The zero-order valence-corrected chi connectivity index (χ0v) is 20.8. The molecule has 2 heterocycles. The van der Waals surface area contributed by atoms with Crippen LogP contribution in [0.1, 0.15) is 70.2 Å². The largest absolute Gasteiger partial charge is 0.483 e. The molecule has 2 aliphatic carbocycles. The average molecular weight is 487 g/mol. The second-order valence-electron chi connectivity index (χ2n) is 10.2. The second kappa shape index (κ2) is 10.7. The van der Waals surface area contributed by atoms with Crippen LogP contribution in [0.25, 0.3) is 0 Å². The van der Waals surface area contributed by atoms with Crippen molar-refractivity contribution in [1.82, 2.24) is 19.7 Å². The molecule has 1 saturated heterocycles. The molecule has 0 spiro atoms. The molecule has 184 valence electrons. The summed E-state index contributed by atoms with van der Waals surface area (Å²) in [5.74, 6) is 3.26. The Morgan fingerprint density at radius 3 is 2.65 bits per heavy atom. The van der Waals surface area contributed by atoms with Crippen molar-refractivity contribution in [2.45, 2.75) is 76.1 Å². The normalized spacial score (nSPS) is 25.4. The standard InChI is InChI=1S/C26H35FN4O2S/c1-18(21-15-19-10-11-20(21)14-19)31-24(16-33-23-9-5-4-8-22(23)27)28-29-26(31)34-17-25(32)30-12-6-2-3-7-13-30/h4-5,8-9,18-21H,2-3,6-7,10-17H2,1H3/t18-,19-,20-,21-/m0/s1. The highest BCUT2D eigenvalue weighted by Gasteiger charge is 2.43. The van der Waals surface area contributed by atoms with Crippen LogP contribution in [0, 0.1) is 23.6 Å². The van der Waals surface area contributed by atoms with E-state index in [1.165, 1.54) is 56.4 Å². The van der Waals surface area contributed by atoms with Crippen molar-refractivity contribution in [3.05, 3.63) is 35.9 Å². The van der Waals surface area contributed by atoms with Gasteiger partial charge in [-0.1, -0.05) is 43.2 Å². The van der Waals surface area contributed by atoms with Gasteiger partial charge >= 0.3 is 0 Å². The van der Waals surface area contributed by atoms with Crippen LogP contribution < -0.4 is 4.74 Å². The molecule has 0 radical (unpaired) electrons. The third-order valence-corrected chi connectivity index (χ3v) is 8.96. The molecule has 3 fully saturated rings. The number of benzene rings is 1. The zero-order chi connectivity index (χ0) is 23.5. The minimum absolute atomic E-state index is 0.153. The van der Waals surface area contributed by atoms with Gasteiger partial charge in [0.2, 0.25) is 5.91 Å². The minimum Gasteiger partial charge on any atom is -0.483 e. The molecule has 1 amide bonds. The van der Waals surface area contributed by atoms with Crippen LogP contribution in [0.2, 0.25) is 0 Å². The summed E-state index contributed by atoms with van der Waals surface area (Å²) < 4.78 is 22.1. The van der Waals surface area contributed by atoms with E-state index in [0.717, 1.165) is 42.9 Å². The molecule has 0 unspecified atom stereocenters. The number of rotatable bonds is 8. The molecule has 8 heteroatoms. The smallest absolute Gasteiger partial charge is 0.233 e. The Kier molecular flexibility index (Phi) is 7.42. The van der Waals surface area contributed by atoms with Crippen molar-refractivity contribution in [2.75, 3.05) is 18.8 Å². The van der Waals surface area contributed by atoms with Crippen LogP contribution in [-0.2, 0) is 11.4 Å². The fourth-order valence-corrected chi connectivity index (χ4v) is 7.18. The van der Waals surface area contributed by atoms with Crippen LogP contribution >= 0.6 is 11.8 Å². The summed E-state index contributed by atoms with van der Waals surface area (Å²) in [5, 5.41) is 9.68. The van der Waals surface area contributed by atoms with Crippen LogP contribution in [-0.4, -0.2) is 44.4 Å². The van der Waals surface area contributed by atoms with Crippen LogP contribution in [0.4, 0.5) is 4.39 Å². The maximum atomic E-state index is 14.1. The summed E-state index contributed by atoms with van der Waals surface area (Å²) in [5.41, 5.74) is 0. The Morgan fingerprint density at radius 1 is 1.15 bits per heavy atom. The van der Waals surface area contributed by atoms with Gasteiger partial charge < -0.3 is 9.64 Å². The van der Waals surface area contributed by atoms with Gasteiger partial charge in [-0.05, 0) is 68.9 Å². The van der Waals surface area contributed by atoms with E-state index in [1.54, 1.807) is 18.2 Å². The minimum atomic E-state index is -0.382. The number of ether oxygens (including phenoxy) is 1. The summed E-state index contributed by atoms with van der Waals surface area (Å²) in [6, 6.07) is 6.66. The van der Waals surface area contributed by atoms with E-state index in [1.807, 2.05) is 4.90 Å². The highest BCUT2D eigenvalue weighted by Crippen LogP contribution is 2.52. The van der Waals surface area contributed by atoms with Gasteiger partial charge in [0.1, 0.15) is 6.61 Å². The maximum Gasteiger partial charge on any atom is 0.233 e. The first kappa shape index (κ1) is 23.6. The van der Waals surface area contributed by atoms with Gasteiger partial charge in [0.25, 0.3) is 0 Å². The molecule has 1 aromatic carbocycles. The number of amides is 1. The number of hydrogen-bond donors (Lipinski definition) is 0. The van der Waals surface area contributed by atoms with E-state index in [-0.39, 0.29) is 30.1 Å². The molecule has 6 nitrogen and oxygen atoms in total. The van der Waals surface area contributed by atoms with E-state index < -0.39 is 0 Å². The number of carbonyl (C=O) groups is 1. The first-order chi connectivity index (χ1) is 16.6. The lowest BCUT2D eigenvalue weighted by molar-refractivity contribution is -0.128. The third-order valence-electron chi connectivity index (χ3n) is 8.03. The number of halogens is 1. The molecule has 2 saturated carbocycles. The SMILES string of the molecule is C[C@@H]([C@@H]1C[C@H]2CC[C@H]1C2)n1c(COc2ccccc2F)nnc1SCC(=O)N1CCCCCC1. The van der Waals surface area contributed by atoms with Crippen molar-refractivity contribution in [3.8, 4) is 5.75 Å². The molecule has 2 aromatic rings. The molecule has 1 aliphatic heterocycles. The van der Waals surface area contributed by atoms with Crippen LogP contribution in [0.3, 0.4) is 0 Å². The summed E-state index contributed by atoms with van der Waals surface area (Å²) in [6.07, 6.45) is 9.82. The molecular weight excluding hydrogens is 451 g/mol. The highest BCUT2D eigenvalue weighted by atomic mass is 32.2.